The molecule has 4 nitrogen and oxygen atoms in total. The minimum atomic E-state index is -0.618. The maximum atomic E-state index is 13.3. The quantitative estimate of drug-likeness (QED) is 0.506. The van der Waals surface area contributed by atoms with Gasteiger partial charge in [-0.1, -0.05) is 66.7 Å². The molecule has 0 aliphatic heterocycles. The molecular weight excluding hydrogens is 372 g/mol. The molecule has 0 bridgehead atoms. The lowest BCUT2D eigenvalue weighted by Gasteiger charge is -2.19. The second kappa shape index (κ2) is 9.14. The smallest absolute Gasteiger partial charge is 0.251 e. The maximum Gasteiger partial charge on any atom is 0.251 e. The van der Waals surface area contributed by atoms with Crippen LogP contribution in [-0.2, 0) is 17.6 Å². The summed E-state index contributed by atoms with van der Waals surface area (Å²) in [6, 6.07) is 25.9. The van der Waals surface area contributed by atoms with Crippen LogP contribution in [0.1, 0.15) is 21.5 Å². The van der Waals surface area contributed by atoms with Gasteiger partial charge in [0.15, 0.2) is 5.78 Å². The van der Waals surface area contributed by atoms with E-state index >= 15 is 0 Å². The number of pyridine rings is 1. The van der Waals surface area contributed by atoms with Gasteiger partial charge in [0.2, 0.25) is 0 Å². The van der Waals surface area contributed by atoms with Gasteiger partial charge >= 0.3 is 0 Å². The number of aromatic nitrogens is 1. The normalized spacial score (nSPS) is 11.7. The number of nitrogens with one attached hydrogen (secondary N) is 1. The van der Waals surface area contributed by atoms with Crippen molar-refractivity contribution < 1.29 is 9.59 Å². The van der Waals surface area contributed by atoms with Crippen LogP contribution in [0.4, 0.5) is 0 Å². The monoisotopic (exact) mass is 394 g/mol. The van der Waals surface area contributed by atoms with E-state index in [1.807, 2.05) is 72.8 Å². The van der Waals surface area contributed by atoms with Gasteiger partial charge < -0.3 is 5.32 Å². The van der Waals surface area contributed by atoms with Crippen LogP contribution in [0.25, 0.3) is 10.8 Å². The van der Waals surface area contributed by atoms with E-state index in [9.17, 15) is 9.59 Å². The lowest BCUT2D eigenvalue weighted by molar-refractivity contribution is -0.120. The number of hydrogen-bond donors (Lipinski definition) is 1. The van der Waals surface area contributed by atoms with Crippen molar-refractivity contribution in [3.05, 3.63) is 114 Å². The van der Waals surface area contributed by atoms with Crippen LogP contribution in [-0.4, -0.2) is 22.7 Å². The zero-order chi connectivity index (χ0) is 20.8. The Hall–Kier alpha value is -3.79. The number of Topliss-reactive ketones (excluding diaryl/α,β-unsaturated/α-hetero) is 1. The van der Waals surface area contributed by atoms with Crippen LogP contribution >= 0.6 is 0 Å². The number of ketones is 1. The number of nitrogens with zero attached hydrogens (tertiary/aromatic N) is 1. The van der Waals surface area contributed by atoms with E-state index in [2.05, 4.69) is 10.3 Å². The number of fused-ring (bicyclic) bond motifs is 1. The van der Waals surface area contributed by atoms with Crippen molar-refractivity contribution >= 4 is 22.5 Å². The van der Waals surface area contributed by atoms with Crippen molar-refractivity contribution in [1.82, 2.24) is 10.3 Å². The molecule has 0 radical (unpaired) electrons. The molecule has 30 heavy (non-hydrogen) atoms. The second-order valence-corrected chi connectivity index (χ2v) is 7.24. The number of hydrogen-bond acceptors (Lipinski definition) is 3. The first-order chi connectivity index (χ1) is 14.7. The Morgan fingerprint density at radius 3 is 2.33 bits per heavy atom. The lowest BCUT2D eigenvalue weighted by Crippen LogP contribution is -2.43. The molecule has 1 aromatic heterocycles. The Balaban J connectivity index is 1.59. The molecule has 1 atom stereocenters. The van der Waals surface area contributed by atoms with Crippen molar-refractivity contribution in [2.45, 2.75) is 18.9 Å². The second-order valence-electron chi connectivity index (χ2n) is 7.24. The summed E-state index contributed by atoms with van der Waals surface area (Å²) < 4.78 is 0. The molecule has 0 saturated carbocycles. The molecule has 4 aromatic rings. The molecule has 1 heterocycles. The van der Waals surface area contributed by atoms with Gasteiger partial charge in [0.1, 0.15) is 0 Å². The average Bonchev–Trinajstić information content (AvgIpc) is 2.80. The molecule has 148 valence electrons. The Bertz CT molecular complexity index is 1150. The summed E-state index contributed by atoms with van der Waals surface area (Å²) in [4.78, 5) is 30.2. The third-order valence-electron chi connectivity index (χ3n) is 5.15. The predicted molar refractivity (Wildman–Crippen MR) is 118 cm³/mol. The summed E-state index contributed by atoms with van der Waals surface area (Å²) in [6.45, 7) is 0. The third kappa shape index (κ3) is 4.61. The molecule has 0 aliphatic carbocycles. The summed E-state index contributed by atoms with van der Waals surface area (Å²) in [5.74, 6) is -0.274. The Labute approximate surface area is 175 Å². The first kappa shape index (κ1) is 19.5. The molecule has 4 heteroatoms. The molecule has 0 fully saturated rings. The van der Waals surface area contributed by atoms with Gasteiger partial charge in [0, 0.05) is 29.8 Å². The van der Waals surface area contributed by atoms with Crippen LogP contribution in [0.2, 0.25) is 0 Å². The first-order valence-electron chi connectivity index (χ1n) is 9.95. The van der Waals surface area contributed by atoms with Crippen molar-refractivity contribution in [3.63, 3.8) is 0 Å². The van der Waals surface area contributed by atoms with Crippen LogP contribution < -0.4 is 5.32 Å². The number of benzene rings is 3. The number of amides is 1. The average molecular weight is 394 g/mol. The van der Waals surface area contributed by atoms with Crippen molar-refractivity contribution in [3.8, 4) is 0 Å². The van der Waals surface area contributed by atoms with E-state index in [1.165, 1.54) is 0 Å². The van der Waals surface area contributed by atoms with Crippen molar-refractivity contribution in [2.24, 2.45) is 0 Å². The molecule has 0 spiro atoms. The van der Waals surface area contributed by atoms with Crippen molar-refractivity contribution in [2.75, 3.05) is 0 Å². The molecular formula is C26H22N2O2. The topological polar surface area (TPSA) is 59.1 Å². The van der Waals surface area contributed by atoms with Crippen LogP contribution in [0.15, 0.2) is 97.3 Å². The molecule has 0 aliphatic rings. The summed E-state index contributed by atoms with van der Waals surface area (Å²) in [7, 11) is 0. The number of carbonyl (C=O) groups is 2. The van der Waals surface area contributed by atoms with Crippen LogP contribution in [0.5, 0.6) is 0 Å². The zero-order valence-electron chi connectivity index (χ0n) is 16.5. The fraction of sp³-hybridized carbons (Fsp3) is 0.115. The van der Waals surface area contributed by atoms with Gasteiger partial charge in [-0.05, 0) is 41.1 Å². The first-order valence-corrected chi connectivity index (χ1v) is 9.95. The van der Waals surface area contributed by atoms with E-state index in [4.69, 9.17) is 0 Å². The highest BCUT2D eigenvalue weighted by atomic mass is 16.2. The largest absolute Gasteiger partial charge is 0.342 e. The van der Waals surface area contributed by atoms with E-state index in [0.717, 1.165) is 21.9 Å². The molecule has 3 aromatic carbocycles. The highest BCUT2D eigenvalue weighted by Crippen LogP contribution is 2.19. The third-order valence-corrected chi connectivity index (χ3v) is 5.15. The molecule has 0 saturated heterocycles. The number of carbonyl (C=O) groups excluding carboxylic acids is 2. The van der Waals surface area contributed by atoms with E-state index in [1.54, 1.807) is 24.5 Å². The van der Waals surface area contributed by atoms with Gasteiger partial charge in [-0.3, -0.25) is 14.6 Å². The molecule has 1 unspecified atom stereocenters. The van der Waals surface area contributed by atoms with Gasteiger partial charge in [-0.2, -0.15) is 0 Å². The fourth-order valence-corrected chi connectivity index (χ4v) is 3.57. The summed E-state index contributed by atoms with van der Waals surface area (Å²) in [5.41, 5.74) is 2.46. The van der Waals surface area contributed by atoms with Crippen molar-refractivity contribution in [1.29, 1.82) is 0 Å². The molecule has 1 amide bonds. The van der Waals surface area contributed by atoms with Gasteiger partial charge in [-0.15, -0.1) is 0 Å². The highest BCUT2D eigenvalue weighted by Gasteiger charge is 2.22. The van der Waals surface area contributed by atoms with E-state index in [-0.39, 0.29) is 18.1 Å². The minimum Gasteiger partial charge on any atom is -0.342 e. The lowest BCUT2D eigenvalue weighted by atomic mass is 9.95. The minimum absolute atomic E-state index is 0.0283. The van der Waals surface area contributed by atoms with Gasteiger partial charge in [0.05, 0.1) is 6.04 Å². The Morgan fingerprint density at radius 1 is 0.833 bits per heavy atom. The zero-order valence-corrected chi connectivity index (χ0v) is 16.5. The Kier molecular flexibility index (Phi) is 5.95. The highest BCUT2D eigenvalue weighted by molar-refractivity contribution is 5.99. The van der Waals surface area contributed by atoms with Gasteiger partial charge in [-0.25, -0.2) is 0 Å². The SMILES string of the molecule is O=C(NC(Cc1ccccc1)C(=O)Cc1cccc2ccncc12)c1ccccc1. The summed E-state index contributed by atoms with van der Waals surface area (Å²) in [6.07, 6.45) is 4.20. The molecule has 4 rings (SSSR count). The fourth-order valence-electron chi connectivity index (χ4n) is 3.57. The molecule has 1 N–H and O–H groups in total. The summed E-state index contributed by atoms with van der Waals surface area (Å²) in [5, 5.41) is 4.95. The number of rotatable bonds is 7. The Morgan fingerprint density at radius 2 is 1.57 bits per heavy atom. The van der Waals surface area contributed by atoms with Gasteiger partial charge in [0.25, 0.3) is 5.91 Å². The van der Waals surface area contributed by atoms with E-state index < -0.39 is 6.04 Å². The van der Waals surface area contributed by atoms with E-state index in [0.29, 0.717) is 12.0 Å². The predicted octanol–water partition coefficient (Wildman–Crippen LogP) is 4.39. The standard InChI is InChI=1S/C26H22N2O2/c29-25(17-22-13-7-12-20-14-15-27-18-23(20)22)24(16-19-8-3-1-4-9-19)28-26(30)21-10-5-2-6-11-21/h1-15,18,24H,16-17H2,(H,28,30). The van der Waals surface area contributed by atoms with Crippen LogP contribution in [0, 0.1) is 0 Å². The summed E-state index contributed by atoms with van der Waals surface area (Å²) >= 11 is 0. The van der Waals surface area contributed by atoms with Crippen LogP contribution in [0.3, 0.4) is 0 Å². The maximum absolute atomic E-state index is 13.3.